The van der Waals surface area contributed by atoms with E-state index in [9.17, 15) is 14.7 Å². The Balaban J connectivity index is 1.84. The van der Waals surface area contributed by atoms with E-state index in [0.717, 1.165) is 6.07 Å². The quantitative estimate of drug-likeness (QED) is 0.756. The molecule has 1 aromatic carbocycles. The van der Waals surface area contributed by atoms with Crippen LogP contribution in [0, 0.1) is 6.92 Å². The van der Waals surface area contributed by atoms with Gasteiger partial charge in [0.25, 0.3) is 11.9 Å². The minimum absolute atomic E-state index is 0.0425. The first kappa shape index (κ1) is 15.3. The molecule has 0 saturated heterocycles. The maximum atomic E-state index is 12.1. The minimum atomic E-state index is -1.05. The number of hydrogen-bond donors (Lipinski definition) is 2. The third kappa shape index (κ3) is 3.27. The van der Waals surface area contributed by atoms with Gasteiger partial charge in [-0.3, -0.25) is 10.1 Å². The Kier molecular flexibility index (Phi) is 4.02. The van der Waals surface area contributed by atoms with Crippen molar-refractivity contribution in [3.05, 3.63) is 64.1 Å². The van der Waals surface area contributed by atoms with E-state index in [1.54, 1.807) is 37.3 Å². The Morgan fingerprint density at radius 1 is 1.25 bits per heavy atom. The zero-order chi connectivity index (χ0) is 17.1. The van der Waals surface area contributed by atoms with E-state index in [2.05, 4.69) is 10.5 Å². The summed E-state index contributed by atoms with van der Waals surface area (Å²) < 4.78 is 15.0. The summed E-state index contributed by atoms with van der Waals surface area (Å²) in [5.74, 6) is -1.25. The maximum absolute atomic E-state index is 12.1. The van der Waals surface area contributed by atoms with Crippen LogP contribution in [0.15, 0.2) is 56.2 Å². The molecule has 3 rings (SSSR count). The Morgan fingerprint density at radius 3 is 2.62 bits per heavy atom. The van der Waals surface area contributed by atoms with Crippen LogP contribution in [0.4, 0.5) is 5.88 Å². The number of para-hydroxylation sites is 1. The molecule has 0 aliphatic heterocycles. The van der Waals surface area contributed by atoms with Crippen molar-refractivity contribution in [3.63, 3.8) is 0 Å². The number of nitrogens with zero attached hydrogens (tertiary/aromatic N) is 1. The SMILES string of the molecule is Cc1cc(NC(=O)c2c(O)cc(Oc3ccccc3)oc2=O)on1. The highest BCUT2D eigenvalue weighted by molar-refractivity contribution is 6.05. The van der Waals surface area contributed by atoms with Crippen molar-refractivity contribution in [1.29, 1.82) is 0 Å². The van der Waals surface area contributed by atoms with E-state index < -0.39 is 22.8 Å². The molecular formula is C16H12N2O6. The predicted octanol–water partition coefficient (Wildman–Crippen LogP) is 2.69. The summed E-state index contributed by atoms with van der Waals surface area (Å²) >= 11 is 0. The molecule has 0 aliphatic rings. The average Bonchev–Trinajstić information content (AvgIpc) is 2.92. The van der Waals surface area contributed by atoms with Crippen LogP contribution in [0.2, 0.25) is 0 Å². The van der Waals surface area contributed by atoms with Crippen molar-refractivity contribution in [2.75, 3.05) is 5.32 Å². The van der Waals surface area contributed by atoms with E-state index in [1.165, 1.54) is 6.07 Å². The molecule has 8 nitrogen and oxygen atoms in total. The van der Waals surface area contributed by atoms with E-state index in [-0.39, 0.29) is 11.8 Å². The van der Waals surface area contributed by atoms with Gasteiger partial charge in [-0.15, -0.1) is 0 Å². The van der Waals surface area contributed by atoms with Crippen molar-refractivity contribution < 1.29 is 23.6 Å². The largest absolute Gasteiger partial charge is 0.507 e. The fraction of sp³-hybridized carbons (Fsp3) is 0.0625. The fourth-order valence-electron chi connectivity index (χ4n) is 1.92. The highest BCUT2D eigenvalue weighted by Gasteiger charge is 2.21. The molecule has 8 heteroatoms. The number of anilines is 1. The number of aromatic hydroxyl groups is 1. The monoisotopic (exact) mass is 328 g/mol. The van der Waals surface area contributed by atoms with Crippen LogP contribution in [0.5, 0.6) is 17.4 Å². The number of amides is 1. The van der Waals surface area contributed by atoms with Gasteiger partial charge in [0.05, 0.1) is 11.8 Å². The Labute approximate surface area is 135 Å². The third-order valence-electron chi connectivity index (χ3n) is 2.96. The molecule has 2 aromatic heterocycles. The molecule has 0 radical (unpaired) electrons. The summed E-state index contributed by atoms with van der Waals surface area (Å²) in [7, 11) is 0. The smallest absolute Gasteiger partial charge is 0.355 e. The first-order chi connectivity index (χ1) is 11.5. The molecule has 0 saturated carbocycles. The number of nitrogens with one attached hydrogen (secondary N) is 1. The van der Waals surface area contributed by atoms with E-state index in [4.69, 9.17) is 13.7 Å². The normalized spacial score (nSPS) is 10.4. The van der Waals surface area contributed by atoms with Crippen LogP contribution >= 0.6 is 0 Å². The van der Waals surface area contributed by atoms with Gasteiger partial charge in [0.15, 0.2) is 5.56 Å². The summed E-state index contributed by atoms with van der Waals surface area (Å²) in [5.41, 5.74) is -1.06. The zero-order valence-electron chi connectivity index (χ0n) is 12.5. The molecule has 2 N–H and O–H groups in total. The Bertz CT molecular complexity index is 929. The molecule has 0 atom stereocenters. The molecule has 0 spiro atoms. The van der Waals surface area contributed by atoms with Crippen molar-refractivity contribution in [1.82, 2.24) is 5.16 Å². The third-order valence-corrected chi connectivity index (χ3v) is 2.96. The number of hydrogen-bond acceptors (Lipinski definition) is 7. The maximum Gasteiger partial charge on any atom is 0.355 e. The van der Waals surface area contributed by atoms with E-state index in [0.29, 0.717) is 11.4 Å². The number of aromatic nitrogens is 1. The number of benzene rings is 1. The van der Waals surface area contributed by atoms with Crippen molar-refractivity contribution >= 4 is 11.8 Å². The lowest BCUT2D eigenvalue weighted by atomic mass is 10.2. The summed E-state index contributed by atoms with van der Waals surface area (Å²) in [4.78, 5) is 24.0. The molecule has 0 aliphatic carbocycles. The second-order valence-corrected chi connectivity index (χ2v) is 4.81. The topological polar surface area (TPSA) is 115 Å². The summed E-state index contributed by atoms with van der Waals surface area (Å²) in [6.07, 6.45) is 0. The second-order valence-electron chi connectivity index (χ2n) is 4.81. The minimum Gasteiger partial charge on any atom is -0.507 e. The zero-order valence-corrected chi connectivity index (χ0v) is 12.5. The fourth-order valence-corrected chi connectivity index (χ4v) is 1.92. The lowest BCUT2D eigenvalue weighted by Gasteiger charge is -2.06. The molecular weight excluding hydrogens is 316 g/mol. The first-order valence-electron chi connectivity index (χ1n) is 6.87. The molecule has 0 fully saturated rings. The van der Waals surface area contributed by atoms with Gasteiger partial charge in [-0.05, 0) is 19.1 Å². The summed E-state index contributed by atoms with van der Waals surface area (Å²) in [5, 5.41) is 15.9. The first-order valence-corrected chi connectivity index (χ1v) is 6.87. The van der Waals surface area contributed by atoms with Crippen LogP contribution in [0.3, 0.4) is 0 Å². The van der Waals surface area contributed by atoms with Gasteiger partial charge in [-0.1, -0.05) is 23.4 Å². The number of carbonyl (C=O) groups is 1. The number of aryl methyl sites for hydroxylation is 1. The van der Waals surface area contributed by atoms with Gasteiger partial charge in [0.1, 0.15) is 11.5 Å². The lowest BCUT2D eigenvalue weighted by Crippen LogP contribution is -2.20. The highest BCUT2D eigenvalue weighted by atomic mass is 16.6. The average molecular weight is 328 g/mol. The summed E-state index contributed by atoms with van der Waals surface area (Å²) in [6, 6.07) is 11.0. The predicted molar refractivity (Wildman–Crippen MR) is 82.4 cm³/mol. The van der Waals surface area contributed by atoms with Crippen LogP contribution < -0.4 is 15.7 Å². The highest BCUT2D eigenvalue weighted by Crippen LogP contribution is 2.25. The van der Waals surface area contributed by atoms with Crippen LogP contribution in [0.1, 0.15) is 16.1 Å². The van der Waals surface area contributed by atoms with Gasteiger partial charge < -0.3 is 18.8 Å². The van der Waals surface area contributed by atoms with Gasteiger partial charge >= 0.3 is 5.63 Å². The second kappa shape index (κ2) is 6.29. The van der Waals surface area contributed by atoms with Crippen molar-refractivity contribution in [3.8, 4) is 17.4 Å². The molecule has 2 heterocycles. The van der Waals surface area contributed by atoms with Gasteiger partial charge in [-0.25, -0.2) is 4.79 Å². The van der Waals surface area contributed by atoms with Crippen LogP contribution in [0.25, 0.3) is 0 Å². The van der Waals surface area contributed by atoms with Gasteiger partial charge in [0.2, 0.25) is 5.88 Å². The number of ether oxygens (including phenoxy) is 1. The van der Waals surface area contributed by atoms with Crippen LogP contribution in [-0.2, 0) is 0 Å². The molecule has 3 aromatic rings. The van der Waals surface area contributed by atoms with E-state index >= 15 is 0 Å². The Hall–Kier alpha value is -3.55. The summed E-state index contributed by atoms with van der Waals surface area (Å²) in [6.45, 7) is 1.67. The van der Waals surface area contributed by atoms with Crippen LogP contribution in [-0.4, -0.2) is 16.2 Å². The molecule has 122 valence electrons. The molecule has 1 amide bonds. The molecule has 0 bridgehead atoms. The Morgan fingerprint density at radius 2 is 2.00 bits per heavy atom. The number of rotatable bonds is 4. The van der Waals surface area contributed by atoms with Crippen molar-refractivity contribution in [2.45, 2.75) is 6.92 Å². The standard InChI is InChI=1S/C16H12N2O6/c1-9-7-12(24-18-9)17-15(20)14-11(19)8-13(23-16(14)21)22-10-5-3-2-4-6-10/h2-8,19H,1H3,(H,17,20). The van der Waals surface area contributed by atoms with Gasteiger partial charge in [0, 0.05) is 6.07 Å². The molecule has 0 unspecified atom stereocenters. The van der Waals surface area contributed by atoms with E-state index in [1.807, 2.05) is 0 Å². The molecule has 24 heavy (non-hydrogen) atoms. The van der Waals surface area contributed by atoms with Crippen molar-refractivity contribution in [2.24, 2.45) is 0 Å². The lowest BCUT2D eigenvalue weighted by molar-refractivity contribution is 0.101. The van der Waals surface area contributed by atoms with Gasteiger partial charge in [-0.2, -0.15) is 0 Å². The number of carbonyl (C=O) groups excluding carboxylic acids is 1.